The molecule has 2 atom stereocenters. The average molecular weight is 707 g/mol. The molecule has 2 aliphatic heterocycles. The zero-order chi connectivity index (χ0) is 38.3. The van der Waals surface area contributed by atoms with Crippen molar-refractivity contribution < 1.29 is 18.7 Å². The quantitative estimate of drug-likeness (QED) is 0.213. The molecule has 2 heterocycles. The number of hydrogen-bond donors (Lipinski definition) is 1. The molecule has 0 saturated carbocycles. The number of aryl methyl sites for hydroxylation is 4. The van der Waals surface area contributed by atoms with E-state index in [4.69, 9.17) is 9.47 Å². The van der Waals surface area contributed by atoms with Crippen LogP contribution in [0.3, 0.4) is 0 Å². The number of benzene rings is 3. The fourth-order valence-electron chi connectivity index (χ4n) is 6.21. The molecule has 286 valence electrons. The first kappa shape index (κ1) is 45.6. The van der Waals surface area contributed by atoms with Gasteiger partial charge in [-0.3, -0.25) is 4.90 Å². The molecule has 0 amide bonds. The van der Waals surface area contributed by atoms with Crippen LogP contribution in [0.15, 0.2) is 48.5 Å². The Labute approximate surface area is 311 Å². The molecule has 1 saturated heterocycles. The van der Waals surface area contributed by atoms with Crippen molar-refractivity contribution in [2.24, 2.45) is 5.92 Å². The number of anilines is 1. The number of fused-ring (bicyclic) bond motifs is 1. The molecule has 51 heavy (non-hydrogen) atoms. The summed E-state index contributed by atoms with van der Waals surface area (Å²) in [7, 11) is 1.88. The first-order valence-electron chi connectivity index (χ1n) is 19.6. The van der Waals surface area contributed by atoms with Crippen molar-refractivity contribution in [2.45, 2.75) is 139 Å². The minimum atomic E-state index is -0.132. The highest BCUT2D eigenvalue weighted by molar-refractivity contribution is 5.58. The van der Waals surface area contributed by atoms with Gasteiger partial charge in [-0.05, 0) is 91.0 Å². The Balaban J connectivity index is 0.000000417. The van der Waals surface area contributed by atoms with E-state index in [1.165, 1.54) is 48.8 Å². The van der Waals surface area contributed by atoms with Gasteiger partial charge in [0.25, 0.3) is 0 Å². The molecule has 2 aliphatic rings. The monoisotopic (exact) mass is 707 g/mol. The summed E-state index contributed by atoms with van der Waals surface area (Å²) in [6, 6.07) is 16.5. The summed E-state index contributed by atoms with van der Waals surface area (Å²) >= 11 is 0. The molecule has 3 aromatic carbocycles. The minimum absolute atomic E-state index is 0.132. The van der Waals surface area contributed by atoms with Gasteiger partial charge in [-0.15, -0.1) is 0 Å². The summed E-state index contributed by atoms with van der Waals surface area (Å²) in [5, 5.41) is 3.13. The van der Waals surface area contributed by atoms with Gasteiger partial charge < -0.3 is 19.6 Å². The van der Waals surface area contributed by atoms with Gasteiger partial charge in [0, 0.05) is 25.3 Å². The number of hydrogen-bond acceptors (Lipinski definition) is 5. The zero-order valence-corrected chi connectivity index (χ0v) is 34.3. The topological polar surface area (TPSA) is 50.8 Å². The third-order valence-electron chi connectivity index (χ3n) is 8.97. The van der Waals surface area contributed by atoms with Crippen molar-refractivity contribution in [1.29, 1.82) is 0 Å². The summed E-state index contributed by atoms with van der Waals surface area (Å²) in [5.74, 6) is 2.86. The molecule has 1 fully saturated rings. The number of aldehydes is 1. The van der Waals surface area contributed by atoms with Crippen LogP contribution in [0.5, 0.6) is 11.5 Å². The van der Waals surface area contributed by atoms with E-state index in [1.807, 2.05) is 20.9 Å². The lowest BCUT2D eigenvalue weighted by atomic mass is 9.92. The number of rotatable bonds is 10. The van der Waals surface area contributed by atoms with E-state index >= 15 is 0 Å². The van der Waals surface area contributed by atoms with Crippen LogP contribution >= 0.6 is 0 Å². The highest BCUT2D eigenvalue weighted by Crippen LogP contribution is 2.44. The van der Waals surface area contributed by atoms with E-state index in [1.54, 1.807) is 12.1 Å². The number of carbonyl (C=O) groups excluding carboxylic acids is 1. The number of carbonyl (C=O) groups is 1. The van der Waals surface area contributed by atoms with Crippen LogP contribution in [0.25, 0.3) is 0 Å². The fourth-order valence-corrected chi connectivity index (χ4v) is 6.21. The standard InChI is InChI=1S/C21H23NO3.C11H16FN.C6H14.C4H10.C3H8/c1-14-3-5-16(6-4-14)19-10-18(12-22(19)7-8-23)17-9-15(2)21-20(11-17)24-13-25-21;1-4-8-6-10(12)7-9(5-2)11(8)13-3;1-4-5-6(2)3;1-3-4-2;1-3-2/h3-6,8-9,11,18-19H,7,10,12-13H2,1-2H3;6-7,13H,4-5H2,1-3H3;6H,4-5H2,1-3H3;3-4H2,1-2H3;3H2,1-2H3/t18-,19-;;;;/m1..../s1. The van der Waals surface area contributed by atoms with Crippen molar-refractivity contribution in [2.75, 3.05) is 32.2 Å². The van der Waals surface area contributed by atoms with Crippen molar-refractivity contribution in [3.8, 4) is 11.5 Å². The van der Waals surface area contributed by atoms with Gasteiger partial charge in [0.1, 0.15) is 12.1 Å². The van der Waals surface area contributed by atoms with E-state index in [2.05, 4.69) is 109 Å². The van der Waals surface area contributed by atoms with Gasteiger partial charge in [-0.25, -0.2) is 4.39 Å². The molecule has 5 rings (SSSR count). The van der Waals surface area contributed by atoms with Gasteiger partial charge in [0.15, 0.2) is 11.5 Å². The lowest BCUT2D eigenvalue weighted by Crippen LogP contribution is -2.25. The molecule has 6 heteroatoms. The Morgan fingerprint density at radius 2 is 1.45 bits per heavy atom. The Morgan fingerprint density at radius 3 is 1.90 bits per heavy atom. The van der Waals surface area contributed by atoms with Gasteiger partial charge in [-0.2, -0.15) is 0 Å². The van der Waals surface area contributed by atoms with Crippen molar-refractivity contribution >= 4 is 12.0 Å². The summed E-state index contributed by atoms with van der Waals surface area (Å²) in [6.45, 7) is 25.2. The third kappa shape index (κ3) is 15.4. The molecule has 0 aliphatic carbocycles. The highest BCUT2D eigenvalue weighted by Gasteiger charge is 2.34. The molecular formula is C45H71FN2O3. The van der Waals surface area contributed by atoms with Crippen molar-refractivity contribution in [3.63, 3.8) is 0 Å². The lowest BCUT2D eigenvalue weighted by Gasteiger charge is -2.22. The van der Waals surface area contributed by atoms with Crippen LogP contribution in [-0.2, 0) is 17.6 Å². The zero-order valence-electron chi connectivity index (χ0n) is 34.3. The maximum Gasteiger partial charge on any atom is 0.231 e. The fraction of sp³-hybridized carbons (Fsp3) is 0.578. The first-order valence-corrected chi connectivity index (χ1v) is 19.6. The van der Waals surface area contributed by atoms with Crippen LogP contribution in [0.1, 0.15) is 146 Å². The summed E-state index contributed by atoms with van der Waals surface area (Å²) in [5.41, 5.74) is 8.13. The first-order chi connectivity index (χ1) is 24.5. The van der Waals surface area contributed by atoms with Crippen molar-refractivity contribution in [3.05, 3.63) is 87.7 Å². The molecule has 0 radical (unpaired) electrons. The number of ether oxygens (including phenoxy) is 2. The maximum atomic E-state index is 13.1. The predicted octanol–water partition coefficient (Wildman–Crippen LogP) is 12.4. The number of nitrogens with zero attached hydrogens (tertiary/aromatic N) is 1. The molecule has 0 unspecified atom stereocenters. The smallest absolute Gasteiger partial charge is 0.231 e. The third-order valence-corrected chi connectivity index (χ3v) is 8.97. The van der Waals surface area contributed by atoms with Crippen LogP contribution in [-0.4, -0.2) is 38.1 Å². The number of nitrogens with one attached hydrogen (secondary N) is 1. The summed E-state index contributed by atoms with van der Waals surface area (Å²) in [6.07, 6.45) is 10.3. The normalized spacial score (nSPS) is 15.6. The van der Waals surface area contributed by atoms with Crippen LogP contribution in [0, 0.1) is 25.6 Å². The number of halogens is 1. The molecule has 1 N–H and O–H groups in total. The van der Waals surface area contributed by atoms with Gasteiger partial charge >= 0.3 is 0 Å². The molecule has 3 aromatic rings. The molecule has 0 bridgehead atoms. The predicted molar refractivity (Wildman–Crippen MR) is 217 cm³/mol. The van der Waals surface area contributed by atoms with E-state index < -0.39 is 0 Å². The minimum Gasteiger partial charge on any atom is -0.454 e. The number of unbranched alkanes of at least 4 members (excludes halogenated alkanes) is 1. The molecular weight excluding hydrogens is 636 g/mol. The summed E-state index contributed by atoms with van der Waals surface area (Å²) < 4.78 is 24.2. The second-order valence-electron chi connectivity index (χ2n) is 14.0. The SMILES string of the molecule is CCC.CCCC.CCCC(C)C.CCc1cc(F)cc(CC)c1NC.Cc1ccc([C@H]2C[C@@H](c3cc(C)c4c(c3)OCO4)CN2CC=O)cc1. The van der Waals surface area contributed by atoms with Crippen LogP contribution in [0.2, 0.25) is 0 Å². The van der Waals surface area contributed by atoms with Gasteiger partial charge in [0.05, 0.1) is 6.54 Å². The van der Waals surface area contributed by atoms with E-state index in [9.17, 15) is 9.18 Å². The largest absolute Gasteiger partial charge is 0.454 e. The molecule has 0 spiro atoms. The Bertz CT molecular complexity index is 1360. The average Bonchev–Trinajstić information content (AvgIpc) is 3.77. The second kappa shape index (κ2) is 25.6. The van der Waals surface area contributed by atoms with Crippen LogP contribution in [0.4, 0.5) is 10.1 Å². The molecule has 0 aromatic heterocycles. The highest BCUT2D eigenvalue weighted by atomic mass is 19.1. The number of likely N-dealkylation sites (tertiary alicyclic amines) is 1. The van der Waals surface area contributed by atoms with E-state index in [-0.39, 0.29) is 11.9 Å². The Kier molecular flexibility index (Phi) is 22.9. The molecule has 5 nitrogen and oxygen atoms in total. The lowest BCUT2D eigenvalue weighted by molar-refractivity contribution is -0.109. The van der Waals surface area contributed by atoms with Crippen LogP contribution < -0.4 is 14.8 Å². The summed E-state index contributed by atoms with van der Waals surface area (Å²) in [4.78, 5) is 13.4. The van der Waals surface area contributed by atoms with Gasteiger partial charge in [0.2, 0.25) is 6.79 Å². The van der Waals surface area contributed by atoms with Crippen molar-refractivity contribution in [1.82, 2.24) is 4.90 Å². The maximum absolute atomic E-state index is 13.1. The second-order valence-corrected chi connectivity index (χ2v) is 14.0. The van der Waals surface area contributed by atoms with E-state index in [0.717, 1.165) is 71.9 Å². The van der Waals surface area contributed by atoms with E-state index in [0.29, 0.717) is 19.3 Å². The van der Waals surface area contributed by atoms with Gasteiger partial charge in [-0.1, -0.05) is 130 Å². The Morgan fingerprint density at radius 1 is 0.863 bits per heavy atom. The Hall–Kier alpha value is -3.38.